The van der Waals surface area contributed by atoms with E-state index in [9.17, 15) is 0 Å². The first kappa shape index (κ1) is 13.7. The van der Waals surface area contributed by atoms with Crippen LogP contribution in [-0.4, -0.2) is 4.98 Å². The number of rotatable bonds is 2. The summed E-state index contributed by atoms with van der Waals surface area (Å²) in [7, 11) is 0. The molecule has 0 unspecified atom stereocenters. The molecule has 0 aliphatic rings. The first-order valence-electron chi connectivity index (χ1n) is 5.88. The van der Waals surface area contributed by atoms with Gasteiger partial charge in [0.2, 0.25) is 0 Å². The standard InChI is InChI=1S/C14H17BrN2S/c1-7-5-8(2)10(4)12(9(7)3)14-17-11(6-16)13(15)18-14/h5H,6,16H2,1-4H3. The van der Waals surface area contributed by atoms with Crippen LogP contribution in [0.25, 0.3) is 10.6 Å². The summed E-state index contributed by atoms with van der Waals surface area (Å²) in [5, 5.41) is 1.06. The summed E-state index contributed by atoms with van der Waals surface area (Å²) in [6.45, 7) is 9.10. The maximum atomic E-state index is 5.69. The third kappa shape index (κ3) is 2.25. The van der Waals surface area contributed by atoms with Crippen LogP contribution in [0.1, 0.15) is 27.9 Å². The van der Waals surface area contributed by atoms with Gasteiger partial charge in [0, 0.05) is 12.1 Å². The van der Waals surface area contributed by atoms with E-state index in [4.69, 9.17) is 5.73 Å². The highest BCUT2D eigenvalue weighted by atomic mass is 79.9. The molecule has 0 saturated heterocycles. The smallest absolute Gasteiger partial charge is 0.125 e. The van der Waals surface area contributed by atoms with Gasteiger partial charge in [-0.1, -0.05) is 6.07 Å². The maximum Gasteiger partial charge on any atom is 0.125 e. The summed E-state index contributed by atoms with van der Waals surface area (Å²) in [5.41, 5.74) is 13.1. The molecule has 0 aliphatic carbocycles. The van der Waals surface area contributed by atoms with Gasteiger partial charge < -0.3 is 5.73 Å². The summed E-state index contributed by atoms with van der Waals surface area (Å²) in [5.74, 6) is 0. The molecule has 18 heavy (non-hydrogen) atoms. The van der Waals surface area contributed by atoms with Crippen molar-refractivity contribution in [2.45, 2.75) is 34.2 Å². The first-order chi connectivity index (χ1) is 8.45. The van der Waals surface area contributed by atoms with Gasteiger partial charge in [-0.25, -0.2) is 4.98 Å². The van der Waals surface area contributed by atoms with Crippen molar-refractivity contribution in [2.75, 3.05) is 0 Å². The van der Waals surface area contributed by atoms with Gasteiger partial charge in [0.25, 0.3) is 0 Å². The van der Waals surface area contributed by atoms with Crippen molar-refractivity contribution in [2.24, 2.45) is 5.73 Å². The zero-order valence-electron chi connectivity index (χ0n) is 11.1. The number of thiazole rings is 1. The topological polar surface area (TPSA) is 38.9 Å². The molecule has 2 nitrogen and oxygen atoms in total. The summed E-state index contributed by atoms with van der Waals surface area (Å²) >= 11 is 5.20. The van der Waals surface area contributed by atoms with Gasteiger partial charge in [0.15, 0.2) is 0 Å². The quantitative estimate of drug-likeness (QED) is 0.896. The highest BCUT2D eigenvalue weighted by molar-refractivity contribution is 9.11. The molecular weight excluding hydrogens is 308 g/mol. The molecule has 0 radical (unpaired) electrons. The maximum absolute atomic E-state index is 5.69. The van der Waals surface area contributed by atoms with Gasteiger partial charge in [0.05, 0.1) is 9.48 Å². The number of nitrogens with zero attached hydrogens (tertiary/aromatic N) is 1. The SMILES string of the molecule is Cc1cc(C)c(C)c(-c2nc(CN)c(Br)s2)c1C. The lowest BCUT2D eigenvalue weighted by Gasteiger charge is -2.13. The van der Waals surface area contributed by atoms with Crippen LogP contribution < -0.4 is 5.73 Å². The minimum Gasteiger partial charge on any atom is -0.325 e. The Labute approximate surface area is 120 Å². The molecule has 0 amide bonds. The Bertz CT molecular complexity index is 576. The van der Waals surface area contributed by atoms with Crippen molar-refractivity contribution in [1.82, 2.24) is 4.98 Å². The van der Waals surface area contributed by atoms with Crippen LogP contribution in [0.15, 0.2) is 9.85 Å². The molecule has 2 N–H and O–H groups in total. The van der Waals surface area contributed by atoms with Gasteiger partial charge in [-0.3, -0.25) is 0 Å². The van der Waals surface area contributed by atoms with Crippen LogP contribution in [0.2, 0.25) is 0 Å². The van der Waals surface area contributed by atoms with Crippen LogP contribution in [0, 0.1) is 27.7 Å². The third-order valence-electron chi connectivity index (χ3n) is 3.42. The van der Waals surface area contributed by atoms with E-state index in [1.54, 1.807) is 11.3 Å². The molecule has 0 spiro atoms. The molecule has 1 aromatic heterocycles. The fraction of sp³-hybridized carbons (Fsp3) is 0.357. The molecule has 0 atom stereocenters. The highest BCUT2D eigenvalue weighted by Gasteiger charge is 2.16. The van der Waals surface area contributed by atoms with E-state index >= 15 is 0 Å². The van der Waals surface area contributed by atoms with E-state index in [0.29, 0.717) is 6.54 Å². The van der Waals surface area contributed by atoms with Gasteiger partial charge >= 0.3 is 0 Å². The summed E-state index contributed by atoms with van der Waals surface area (Å²) in [6, 6.07) is 2.24. The first-order valence-corrected chi connectivity index (χ1v) is 7.49. The van der Waals surface area contributed by atoms with Crippen molar-refractivity contribution in [3.63, 3.8) is 0 Å². The van der Waals surface area contributed by atoms with Crippen molar-refractivity contribution >= 4 is 27.3 Å². The van der Waals surface area contributed by atoms with Gasteiger partial charge in [-0.15, -0.1) is 11.3 Å². The number of aryl methyl sites for hydroxylation is 2. The van der Waals surface area contributed by atoms with Crippen molar-refractivity contribution in [1.29, 1.82) is 0 Å². The average Bonchev–Trinajstić information content (AvgIpc) is 2.68. The molecule has 1 heterocycles. The lowest BCUT2D eigenvalue weighted by atomic mass is 9.95. The normalized spacial score (nSPS) is 11.0. The Hall–Kier alpha value is -0.710. The Morgan fingerprint density at radius 1 is 1.17 bits per heavy atom. The number of hydrogen-bond donors (Lipinski definition) is 1. The van der Waals surface area contributed by atoms with Crippen molar-refractivity contribution in [3.8, 4) is 10.6 Å². The van der Waals surface area contributed by atoms with E-state index in [1.165, 1.54) is 27.8 Å². The van der Waals surface area contributed by atoms with Crippen LogP contribution in [-0.2, 0) is 6.54 Å². The molecule has 2 rings (SSSR count). The molecule has 1 aromatic carbocycles. The summed E-state index contributed by atoms with van der Waals surface area (Å²) in [6.07, 6.45) is 0. The Balaban J connectivity index is 2.70. The van der Waals surface area contributed by atoms with Crippen LogP contribution in [0.3, 0.4) is 0 Å². The Morgan fingerprint density at radius 2 is 1.72 bits per heavy atom. The lowest BCUT2D eigenvalue weighted by Crippen LogP contribution is -1.98. The molecular formula is C14H17BrN2S. The molecule has 0 bridgehead atoms. The van der Waals surface area contributed by atoms with Crippen LogP contribution >= 0.6 is 27.3 Å². The second kappa shape index (κ2) is 5.11. The minimum absolute atomic E-state index is 0.472. The van der Waals surface area contributed by atoms with E-state index < -0.39 is 0 Å². The monoisotopic (exact) mass is 324 g/mol. The minimum atomic E-state index is 0.472. The molecule has 0 saturated carbocycles. The fourth-order valence-electron chi connectivity index (χ4n) is 2.10. The molecule has 2 aromatic rings. The third-order valence-corrected chi connectivity index (χ3v) is 5.27. The molecule has 96 valence electrons. The van der Waals surface area contributed by atoms with Gasteiger partial charge in [-0.2, -0.15) is 0 Å². The number of nitrogens with two attached hydrogens (primary N) is 1. The Morgan fingerprint density at radius 3 is 2.17 bits per heavy atom. The van der Waals surface area contributed by atoms with Crippen molar-refractivity contribution < 1.29 is 0 Å². The number of hydrogen-bond acceptors (Lipinski definition) is 3. The number of benzene rings is 1. The second-order valence-electron chi connectivity index (χ2n) is 4.58. The zero-order valence-corrected chi connectivity index (χ0v) is 13.5. The lowest BCUT2D eigenvalue weighted by molar-refractivity contribution is 1.00. The second-order valence-corrected chi connectivity index (χ2v) is 6.90. The zero-order chi connectivity index (χ0) is 13.4. The van der Waals surface area contributed by atoms with Crippen LogP contribution in [0.4, 0.5) is 0 Å². The number of aromatic nitrogens is 1. The largest absolute Gasteiger partial charge is 0.325 e. The van der Waals surface area contributed by atoms with Crippen molar-refractivity contribution in [3.05, 3.63) is 37.8 Å². The number of halogens is 1. The molecule has 0 aliphatic heterocycles. The summed E-state index contributed by atoms with van der Waals surface area (Å²) < 4.78 is 1.04. The fourth-order valence-corrected chi connectivity index (χ4v) is 3.79. The van der Waals surface area contributed by atoms with E-state index in [0.717, 1.165) is 14.5 Å². The van der Waals surface area contributed by atoms with Gasteiger partial charge in [-0.05, 0) is 65.9 Å². The van der Waals surface area contributed by atoms with E-state index in [2.05, 4.69) is 54.7 Å². The molecule has 4 heteroatoms. The van der Waals surface area contributed by atoms with Gasteiger partial charge in [0.1, 0.15) is 5.01 Å². The van der Waals surface area contributed by atoms with Crippen LogP contribution in [0.5, 0.6) is 0 Å². The Kier molecular flexibility index (Phi) is 3.90. The summed E-state index contributed by atoms with van der Waals surface area (Å²) in [4.78, 5) is 4.65. The predicted octanol–water partition coefficient (Wildman–Crippen LogP) is 4.26. The average molecular weight is 325 g/mol. The highest BCUT2D eigenvalue weighted by Crippen LogP contribution is 2.37. The molecule has 0 fully saturated rings. The predicted molar refractivity (Wildman–Crippen MR) is 82.1 cm³/mol. The van der Waals surface area contributed by atoms with E-state index in [-0.39, 0.29) is 0 Å². The van der Waals surface area contributed by atoms with E-state index in [1.807, 2.05) is 0 Å².